The van der Waals surface area contributed by atoms with Crippen molar-refractivity contribution >= 4 is 11.6 Å². The van der Waals surface area contributed by atoms with Crippen LogP contribution in [0, 0.1) is 19.3 Å². The van der Waals surface area contributed by atoms with Gasteiger partial charge in [-0.2, -0.15) is 0 Å². The highest BCUT2D eigenvalue weighted by molar-refractivity contribution is 6.32. The van der Waals surface area contributed by atoms with Crippen molar-refractivity contribution < 1.29 is 4.74 Å². The SMILES string of the molecule is C#Cc1cc(C)cc(Cl)c1OCCCC. The molecule has 0 aliphatic rings. The van der Waals surface area contributed by atoms with Crippen LogP contribution in [0.3, 0.4) is 0 Å². The molecule has 0 saturated heterocycles. The molecule has 0 atom stereocenters. The zero-order chi connectivity index (χ0) is 11.3. The summed E-state index contributed by atoms with van der Waals surface area (Å²) in [5, 5.41) is 0.596. The van der Waals surface area contributed by atoms with Crippen LogP contribution in [0.2, 0.25) is 5.02 Å². The number of rotatable bonds is 4. The summed E-state index contributed by atoms with van der Waals surface area (Å²) in [7, 11) is 0. The standard InChI is InChI=1S/C13H15ClO/c1-4-6-7-15-13-11(5-2)8-10(3)9-12(13)14/h2,8-9H,4,6-7H2,1,3H3. The van der Waals surface area contributed by atoms with E-state index < -0.39 is 0 Å². The lowest BCUT2D eigenvalue weighted by Crippen LogP contribution is -1.99. The predicted octanol–water partition coefficient (Wildman–Crippen LogP) is 3.81. The maximum atomic E-state index is 6.07. The van der Waals surface area contributed by atoms with Crippen LogP contribution in [0.1, 0.15) is 30.9 Å². The molecule has 0 unspecified atom stereocenters. The summed E-state index contributed by atoms with van der Waals surface area (Å²) in [5.41, 5.74) is 1.78. The molecule has 0 amide bonds. The van der Waals surface area contributed by atoms with Gasteiger partial charge in [-0.25, -0.2) is 0 Å². The van der Waals surface area contributed by atoms with Crippen LogP contribution >= 0.6 is 11.6 Å². The first-order chi connectivity index (χ1) is 7.19. The molecular weight excluding hydrogens is 208 g/mol. The average molecular weight is 223 g/mol. The van der Waals surface area contributed by atoms with Gasteiger partial charge in [-0.1, -0.05) is 30.9 Å². The highest BCUT2D eigenvalue weighted by Crippen LogP contribution is 2.29. The molecule has 0 spiro atoms. The first kappa shape index (κ1) is 11.9. The molecule has 80 valence electrons. The Balaban J connectivity index is 2.90. The molecule has 1 nitrogen and oxygen atoms in total. The van der Waals surface area contributed by atoms with E-state index in [0.29, 0.717) is 17.4 Å². The summed E-state index contributed by atoms with van der Waals surface area (Å²) in [6.45, 7) is 4.73. The molecule has 1 aromatic rings. The Labute approximate surface area is 96.4 Å². The van der Waals surface area contributed by atoms with Crippen LogP contribution in [0.25, 0.3) is 0 Å². The van der Waals surface area contributed by atoms with E-state index in [1.54, 1.807) is 0 Å². The molecule has 0 N–H and O–H groups in total. The van der Waals surface area contributed by atoms with E-state index in [1.807, 2.05) is 19.1 Å². The minimum atomic E-state index is 0.596. The van der Waals surface area contributed by atoms with E-state index in [2.05, 4.69) is 12.8 Å². The molecule has 0 radical (unpaired) electrons. The second-order valence-electron chi connectivity index (χ2n) is 3.47. The maximum absolute atomic E-state index is 6.07. The number of hydrogen-bond acceptors (Lipinski definition) is 1. The fourth-order valence-corrected chi connectivity index (χ4v) is 1.63. The van der Waals surface area contributed by atoms with Gasteiger partial charge in [0, 0.05) is 0 Å². The molecule has 0 fully saturated rings. The predicted molar refractivity (Wildman–Crippen MR) is 64.5 cm³/mol. The van der Waals surface area contributed by atoms with Crippen molar-refractivity contribution in [1.82, 2.24) is 0 Å². The molecule has 15 heavy (non-hydrogen) atoms. The highest BCUT2D eigenvalue weighted by atomic mass is 35.5. The average Bonchev–Trinajstić information content (AvgIpc) is 2.20. The van der Waals surface area contributed by atoms with Gasteiger partial charge in [0.1, 0.15) is 0 Å². The highest BCUT2D eigenvalue weighted by Gasteiger charge is 2.07. The Kier molecular flexibility index (Phi) is 4.52. The lowest BCUT2D eigenvalue weighted by Gasteiger charge is -2.10. The second-order valence-corrected chi connectivity index (χ2v) is 3.88. The van der Waals surface area contributed by atoms with E-state index in [4.69, 9.17) is 22.8 Å². The van der Waals surface area contributed by atoms with Gasteiger partial charge >= 0.3 is 0 Å². The zero-order valence-corrected chi connectivity index (χ0v) is 9.90. The number of unbranched alkanes of at least 4 members (excludes halogenated alkanes) is 1. The summed E-state index contributed by atoms with van der Waals surface area (Å²) >= 11 is 6.07. The minimum absolute atomic E-state index is 0.596. The molecule has 0 aliphatic carbocycles. The third-order valence-electron chi connectivity index (χ3n) is 2.09. The third-order valence-corrected chi connectivity index (χ3v) is 2.37. The van der Waals surface area contributed by atoms with Gasteiger partial charge in [-0.05, 0) is 31.0 Å². The Morgan fingerprint density at radius 1 is 1.47 bits per heavy atom. The molecular formula is C13H15ClO. The van der Waals surface area contributed by atoms with Crippen molar-refractivity contribution in [3.05, 3.63) is 28.3 Å². The van der Waals surface area contributed by atoms with E-state index in [-0.39, 0.29) is 0 Å². The summed E-state index contributed by atoms with van der Waals surface area (Å²) in [6, 6.07) is 3.77. The van der Waals surface area contributed by atoms with Gasteiger partial charge in [0.05, 0.1) is 17.2 Å². The van der Waals surface area contributed by atoms with Crippen LogP contribution in [0.15, 0.2) is 12.1 Å². The number of ether oxygens (including phenoxy) is 1. The largest absolute Gasteiger partial charge is 0.491 e. The van der Waals surface area contributed by atoms with E-state index in [0.717, 1.165) is 24.0 Å². The van der Waals surface area contributed by atoms with Crippen molar-refractivity contribution in [3.8, 4) is 18.1 Å². The van der Waals surface area contributed by atoms with Gasteiger partial charge in [0.2, 0.25) is 0 Å². The molecule has 1 rings (SSSR count). The van der Waals surface area contributed by atoms with E-state index in [1.165, 1.54) is 0 Å². The number of benzene rings is 1. The van der Waals surface area contributed by atoms with Crippen molar-refractivity contribution in [2.45, 2.75) is 26.7 Å². The van der Waals surface area contributed by atoms with Crippen LogP contribution in [-0.4, -0.2) is 6.61 Å². The maximum Gasteiger partial charge on any atom is 0.153 e. The molecule has 0 aliphatic heterocycles. The van der Waals surface area contributed by atoms with Gasteiger partial charge < -0.3 is 4.74 Å². The minimum Gasteiger partial charge on any atom is -0.491 e. The van der Waals surface area contributed by atoms with Crippen molar-refractivity contribution in [1.29, 1.82) is 0 Å². The van der Waals surface area contributed by atoms with E-state index in [9.17, 15) is 0 Å². The van der Waals surface area contributed by atoms with Crippen molar-refractivity contribution in [2.75, 3.05) is 6.61 Å². The Morgan fingerprint density at radius 2 is 2.20 bits per heavy atom. The number of terminal acetylenes is 1. The fraction of sp³-hybridized carbons (Fsp3) is 0.385. The summed E-state index contributed by atoms with van der Waals surface area (Å²) in [4.78, 5) is 0. The first-order valence-corrected chi connectivity index (χ1v) is 5.46. The Hall–Kier alpha value is -1.13. The normalized spacial score (nSPS) is 9.73. The fourth-order valence-electron chi connectivity index (χ4n) is 1.30. The topological polar surface area (TPSA) is 9.23 Å². The number of aryl methyl sites for hydroxylation is 1. The lowest BCUT2D eigenvalue weighted by molar-refractivity contribution is 0.309. The lowest BCUT2D eigenvalue weighted by atomic mass is 10.1. The van der Waals surface area contributed by atoms with Gasteiger partial charge in [-0.15, -0.1) is 6.42 Å². The summed E-state index contributed by atoms with van der Waals surface area (Å²) in [5.74, 6) is 3.23. The molecule has 1 aromatic carbocycles. The second kappa shape index (κ2) is 5.68. The van der Waals surface area contributed by atoms with Crippen LogP contribution in [-0.2, 0) is 0 Å². The van der Waals surface area contributed by atoms with Gasteiger partial charge in [0.15, 0.2) is 5.75 Å². The molecule has 2 heteroatoms. The summed E-state index contributed by atoms with van der Waals surface area (Å²) in [6.07, 6.45) is 7.50. The number of hydrogen-bond donors (Lipinski definition) is 0. The zero-order valence-electron chi connectivity index (χ0n) is 9.14. The Bertz CT molecular complexity index is 377. The summed E-state index contributed by atoms with van der Waals surface area (Å²) < 4.78 is 5.58. The van der Waals surface area contributed by atoms with Crippen LogP contribution in [0.5, 0.6) is 5.75 Å². The first-order valence-electron chi connectivity index (χ1n) is 5.08. The molecule has 0 heterocycles. The molecule has 0 aromatic heterocycles. The van der Waals surface area contributed by atoms with Crippen LogP contribution in [0.4, 0.5) is 0 Å². The quantitative estimate of drug-likeness (QED) is 0.556. The van der Waals surface area contributed by atoms with Gasteiger partial charge in [-0.3, -0.25) is 0 Å². The number of halogens is 1. The monoisotopic (exact) mass is 222 g/mol. The smallest absolute Gasteiger partial charge is 0.153 e. The van der Waals surface area contributed by atoms with Crippen LogP contribution < -0.4 is 4.74 Å². The molecule has 0 bridgehead atoms. The van der Waals surface area contributed by atoms with Crippen molar-refractivity contribution in [3.63, 3.8) is 0 Å². The molecule has 0 saturated carbocycles. The Morgan fingerprint density at radius 3 is 2.80 bits per heavy atom. The van der Waals surface area contributed by atoms with Gasteiger partial charge in [0.25, 0.3) is 0 Å². The third kappa shape index (κ3) is 3.18. The van der Waals surface area contributed by atoms with Crippen molar-refractivity contribution in [2.24, 2.45) is 0 Å². The van der Waals surface area contributed by atoms with E-state index >= 15 is 0 Å².